The van der Waals surface area contributed by atoms with Crippen LogP contribution in [0.15, 0.2) is 97.1 Å². The number of Topliss-reactive ketones (excluding diaryl/α,β-unsaturated/α-hetero) is 1. The molecule has 6 heteroatoms. The number of carbonyl (C=O) groups excluding carboxylic acids is 2. The molecule has 4 aromatic rings. The van der Waals surface area contributed by atoms with Crippen LogP contribution < -0.4 is 14.2 Å². The van der Waals surface area contributed by atoms with Crippen molar-refractivity contribution in [3.8, 4) is 17.2 Å². The lowest BCUT2D eigenvalue weighted by atomic mass is 9.95. The van der Waals surface area contributed by atoms with E-state index in [1.165, 1.54) is 77.0 Å². The minimum absolute atomic E-state index is 0.0729. The summed E-state index contributed by atoms with van der Waals surface area (Å²) in [6, 6.07) is 31.4. The van der Waals surface area contributed by atoms with Crippen molar-refractivity contribution in [1.82, 2.24) is 0 Å². The fraction of sp³-hybridized carbons (Fsp3) is 0.469. The van der Waals surface area contributed by atoms with Gasteiger partial charge in [0.1, 0.15) is 19.8 Å². The second kappa shape index (κ2) is 26.3. The minimum atomic E-state index is -0.413. The van der Waals surface area contributed by atoms with Crippen LogP contribution in [0.3, 0.4) is 0 Å². The third-order valence-corrected chi connectivity index (χ3v) is 9.90. The topological polar surface area (TPSA) is 71.1 Å². The molecule has 296 valence electrons. The van der Waals surface area contributed by atoms with Crippen LogP contribution in [0, 0.1) is 0 Å². The van der Waals surface area contributed by atoms with Crippen molar-refractivity contribution in [2.45, 2.75) is 143 Å². The molecule has 0 aliphatic rings. The summed E-state index contributed by atoms with van der Waals surface area (Å²) in [6.07, 6.45) is 19.1. The number of unbranched alkanes of at least 4 members (excludes halogenated alkanes) is 14. The van der Waals surface area contributed by atoms with Crippen LogP contribution >= 0.6 is 0 Å². The first-order valence-corrected chi connectivity index (χ1v) is 21.0. The Hall–Kier alpha value is -4.58. The highest BCUT2D eigenvalue weighted by atomic mass is 16.5. The Morgan fingerprint density at radius 1 is 0.491 bits per heavy atom. The normalized spacial score (nSPS) is 10.9. The zero-order valence-electron chi connectivity index (χ0n) is 33.5. The van der Waals surface area contributed by atoms with Gasteiger partial charge in [-0.25, -0.2) is 0 Å². The molecule has 0 atom stereocenters. The standard InChI is InChI=1S/C49H64O6/c1-3-5-6-7-8-9-10-11-12-13-14-15-16-17-27-34-44(50)47-43(36-46(51)52-4-2)35-45(53-37-40-28-21-18-22-29-40)48(54-38-41-30-23-19-24-31-41)49(47)55-39-42-32-25-20-26-33-42/h18-26,28-33,35H,3-17,27,34,36-39H2,1-2H3. The molecule has 0 aromatic heterocycles. The molecule has 0 spiro atoms. The summed E-state index contributed by atoms with van der Waals surface area (Å²) in [5.74, 6) is 0.574. The van der Waals surface area contributed by atoms with Crippen molar-refractivity contribution in [3.63, 3.8) is 0 Å². The maximum Gasteiger partial charge on any atom is 0.310 e. The van der Waals surface area contributed by atoms with E-state index in [0.717, 1.165) is 36.0 Å². The number of hydrogen-bond donors (Lipinski definition) is 0. The lowest BCUT2D eigenvalue weighted by molar-refractivity contribution is -0.142. The van der Waals surface area contributed by atoms with Crippen molar-refractivity contribution >= 4 is 11.8 Å². The molecule has 55 heavy (non-hydrogen) atoms. The summed E-state index contributed by atoms with van der Waals surface area (Å²) in [7, 11) is 0. The lowest BCUT2D eigenvalue weighted by Gasteiger charge is -2.22. The average molecular weight is 749 g/mol. The van der Waals surface area contributed by atoms with E-state index in [9.17, 15) is 9.59 Å². The highest BCUT2D eigenvalue weighted by Crippen LogP contribution is 2.45. The predicted molar refractivity (Wildman–Crippen MR) is 223 cm³/mol. The zero-order chi connectivity index (χ0) is 38.8. The Morgan fingerprint density at radius 3 is 1.36 bits per heavy atom. The molecule has 0 fully saturated rings. The van der Waals surface area contributed by atoms with Crippen LogP contribution in [-0.4, -0.2) is 18.4 Å². The lowest BCUT2D eigenvalue weighted by Crippen LogP contribution is -2.15. The van der Waals surface area contributed by atoms with Gasteiger partial charge in [0.2, 0.25) is 5.75 Å². The van der Waals surface area contributed by atoms with Crippen LogP contribution in [0.4, 0.5) is 0 Å². The highest BCUT2D eigenvalue weighted by Gasteiger charge is 2.28. The summed E-state index contributed by atoms with van der Waals surface area (Å²) >= 11 is 0. The maximum absolute atomic E-state index is 14.4. The van der Waals surface area contributed by atoms with E-state index in [1.54, 1.807) is 13.0 Å². The fourth-order valence-electron chi connectivity index (χ4n) is 6.84. The Bertz CT molecular complexity index is 1640. The Labute approximate surface area is 331 Å². The minimum Gasteiger partial charge on any atom is -0.485 e. The number of ketones is 1. The monoisotopic (exact) mass is 748 g/mol. The third kappa shape index (κ3) is 16.4. The largest absolute Gasteiger partial charge is 0.485 e. The third-order valence-electron chi connectivity index (χ3n) is 9.90. The molecule has 0 bridgehead atoms. The number of hydrogen-bond acceptors (Lipinski definition) is 6. The summed E-state index contributed by atoms with van der Waals surface area (Å²) in [5.41, 5.74) is 3.77. The highest BCUT2D eigenvalue weighted by molar-refractivity contribution is 6.02. The number of esters is 1. The zero-order valence-corrected chi connectivity index (χ0v) is 33.5. The van der Waals surface area contributed by atoms with Gasteiger partial charge in [-0.15, -0.1) is 0 Å². The Balaban J connectivity index is 1.50. The number of ether oxygens (including phenoxy) is 4. The molecule has 0 aliphatic carbocycles. The van der Waals surface area contributed by atoms with Crippen molar-refractivity contribution < 1.29 is 28.5 Å². The smallest absolute Gasteiger partial charge is 0.310 e. The van der Waals surface area contributed by atoms with Crippen LogP contribution in [0.5, 0.6) is 17.2 Å². The Kier molecular flexibility index (Phi) is 20.6. The van der Waals surface area contributed by atoms with Crippen molar-refractivity contribution in [2.24, 2.45) is 0 Å². The summed E-state index contributed by atoms with van der Waals surface area (Å²) < 4.78 is 25.0. The van der Waals surface area contributed by atoms with Crippen LogP contribution in [0.1, 0.15) is 149 Å². The molecule has 4 aromatic carbocycles. The molecule has 0 heterocycles. The van der Waals surface area contributed by atoms with Gasteiger partial charge in [0.25, 0.3) is 0 Å². The SMILES string of the molecule is CCCCCCCCCCCCCCCCCC(=O)c1c(CC(=O)OCC)cc(OCc2ccccc2)c(OCc2ccccc2)c1OCc1ccccc1. The summed E-state index contributed by atoms with van der Waals surface area (Å²) in [6.45, 7) is 5.02. The second-order valence-corrected chi connectivity index (χ2v) is 14.5. The van der Waals surface area contributed by atoms with E-state index in [-0.39, 0.29) is 38.6 Å². The fourth-order valence-corrected chi connectivity index (χ4v) is 6.84. The predicted octanol–water partition coefficient (Wildman–Crippen LogP) is 13.0. The van der Waals surface area contributed by atoms with E-state index in [0.29, 0.717) is 34.8 Å². The maximum atomic E-state index is 14.4. The molecule has 0 amide bonds. The number of carbonyl (C=O) groups is 2. The van der Waals surface area contributed by atoms with Gasteiger partial charge >= 0.3 is 5.97 Å². The molecule has 0 unspecified atom stereocenters. The molecule has 4 rings (SSSR count). The van der Waals surface area contributed by atoms with Gasteiger partial charge in [-0.3, -0.25) is 9.59 Å². The van der Waals surface area contributed by atoms with Crippen molar-refractivity contribution in [1.29, 1.82) is 0 Å². The second-order valence-electron chi connectivity index (χ2n) is 14.5. The molecular formula is C49H64O6. The van der Waals surface area contributed by atoms with Gasteiger partial charge in [0.05, 0.1) is 18.6 Å². The summed E-state index contributed by atoms with van der Waals surface area (Å²) in [5, 5.41) is 0. The summed E-state index contributed by atoms with van der Waals surface area (Å²) in [4.78, 5) is 27.4. The van der Waals surface area contributed by atoms with E-state index >= 15 is 0 Å². The molecule has 0 saturated carbocycles. The number of rotatable bonds is 29. The van der Waals surface area contributed by atoms with Crippen LogP contribution in [0.25, 0.3) is 0 Å². The molecule has 0 radical (unpaired) electrons. The van der Waals surface area contributed by atoms with Crippen molar-refractivity contribution in [3.05, 3.63) is 125 Å². The van der Waals surface area contributed by atoms with Gasteiger partial charge in [-0.1, -0.05) is 188 Å². The number of benzene rings is 4. The average Bonchev–Trinajstić information content (AvgIpc) is 3.21. The molecular weight excluding hydrogens is 685 g/mol. The molecule has 0 aliphatic heterocycles. The van der Waals surface area contributed by atoms with E-state index in [4.69, 9.17) is 18.9 Å². The first kappa shape index (κ1) is 43.2. The van der Waals surface area contributed by atoms with Gasteiger partial charge < -0.3 is 18.9 Å². The van der Waals surface area contributed by atoms with Crippen molar-refractivity contribution in [2.75, 3.05) is 6.61 Å². The van der Waals surface area contributed by atoms with E-state index < -0.39 is 5.97 Å². The van der Waals surface area contributed by atoms with E-state index in [1.807, 2.05) is 91.0 Å². The van der Waals surface area contributed by atoms with Gasteiger partial charge in [-0.05, 0) is 41.7 Å². The van der Waals surface area contributed by atoms with E-state index in [2.05, 4.69) is 6.92 Å². The Morgan fingerprint density at radius 2 is 0.909 bits per heavy atom. The van der Waals surface area contributed by atoms with Gasteiger partial charge in [-0.2, -0.15) is 0 Å². The van der Waals surface area contributed by atoms with Crippen LogP contribution in [0.2, 0.25) is 0 Å². The van der Waals surface area contributed by atoms with Gasteiger partial charge in [0.15, 0.2) is 17.3 Å². The first-order chi connectivity index (χ1) is 27.1. The van der Waals surface area contributed by atoms with Gasteiger partial charge in [0, 0.05) is 6.42 Å². The quantitative estimate of drug-likeness (QED) is 0.0313. The van der Waals surface area contributed by atoms with Crippen LogP contribution in [-0.2, 0) is 35.8 Å². The molecule has 0 N–H and O–H groups in total. The first-order valence-electron chi connectivity index (χ1n) is 21.0. The molecule has 6 nitrogen and oxygen atoms in total. The molecule has 0 saturated heterocycles.